The van der Waals surface area contributed by atoms with Crippen molar-refractivity contribution in [1.29, 1.82) is 0 Å². The molecule has 0 aliphatic rings. The number of nitrogens with one attached hydrogen (secondary N) is 5. The molecule has 1 heterocycles. The molecule has 0 unspecified atom stereocenters. The van der Waals surface area contributed by atoms with E-state index < -0.39 is 47.7 Å². The van der Waals surface area contributed by atoms with E-state index in [4.69, 9.17) is 5.11 Å². The van der Waals surface area contributed by atoms with Crippen LogP contribution >= 0.6 is 0 Å². The third kappa shape index (κ3) is 6.09. The minimum atomic E-state index is -1.39. The van der Waals surface area contributed by atoms with Crippen molar-refractivity contribution in [3.63, 3.8) is 0 Å². The Hall–Kier alpha value is -3.96. The molecule has 0 fully saturated rings. The topological polar surface area (TPSA) is 186 Å². The SMILES string of the molecule is C[C@H](NC(=O)[C@H](CC(=O)O)Nc1nc(=O)[nH]c(=O)[nH]1)C(=O)Nc1ccccc1. The van der Waals surface area contributed by atoms with Crippen LogP contribution in [0.2, 0.25) is 0 Å². The number of H-pyrrole nitrogens is 2. The highest BCUT2D eigenvalue weighted by atomic mass is 16.4. The van der Waals surface area contributed by atoms with Gasteiger partial charge in [0.15, 0.2) is 0 Å². The lowest BCUT2D eigenvalue weighted by molar-refractivity contribution is -0.139. The van der Waals surface area contributed by atoms with Crippen LogP contribution < -0.4 is 27.3 Å². The van der Waals surface area contributed by atoms with Gasteiger partial charge >= 0.3 is 17.3 Å². The Bertz CT molecular complexity index is 941. The summed E-state index contributed by atoms with van der Waals surface area (Å²) in [6, 6.07) is 6.16. The quantitative estimate of drug-likeness (QED) is 0.326. The van der Waals surface area contributed by atoms with Crippen molar-refractivity contribution in [3.05, 3.63) is 51.3 Å². The van der Waals surface area contributed by atoms with Crippen molar-refractivity contribution >= 4 is 29.4 Å². The third-order valence-corrected chi connectivity index (χ3v) is 3.47. The van der Waals surface area contributed by atoms with Gasteiger partial charge in [-0.15, -0.1) is 0 Å². The van der Waals surface area contributed by atoms with E-state index >= 15 is 0 Å². The molecule has 0 bridgehead atoms. The predicted molar refractivity (Wildman–Crippen MR) is 97.8 cm³/mol. The Labute approximate surface area is 157 Å². The van der Waals surface area contributed by atoms with Crippen LogP contribution in [0.3, 0.4) is 0 Å². The second kappa shape index (κ2) is 9.12. The zero-order valence-electron chi connectivity index (χ0n) is 14.7. The highest BCUT2D eigenvalue weighted by Crippen LogP contribution is 2.06. The second-order valence-corrected chi connectivity index (χ2v) is 5.73. The number of anilines is 2. The minimum Gasteiger partial charge on any atom is -0.481 e. The number of benzene rings is 1. The Morgan fingerprint density at radius 3 is 2.39 bits per heavy atom. The number of carboxylic acid groups (broad SMARTS) is 1. The summed E-state index contributed by atoms with van der Waals surface area (Å²) in [5.74, 6) is -3.05. The van der Waals surface area contributed by atoms with Crippen LogP contribution in [0.25, 0.3) is 0 Å². The molecule has 1 aromatic carbocycles. The van der Waals surface area contributed by atoms with Gasteiger partial charge in [-0.3, -0.25) is 24.4 Å². The summed E-state index contributed by atoms with van der Waals surface area (Å²) in [4.78, 5) is 65.5. The summed E-state index contributed by atoms with van der Waals surface area (Å²) in [5, 5.41) is 16.3. The second-order valence-electron chi connectivity index (χ2n) is 5.73. The Kier molecular flexibility index (Phi) is 6.63. The summed E-state index contributed by atoms with van der Waals surface area (Å²) in [6.07, 6.45) is -0.685. The highest BCUT2D eigenvalue weighted by Gasteiger charge is 2.26. The van der Waals surface area contributed by atoms with E-state index in [1.807, 2.05) is 4.98 Å². The first-order valence-electron chi connectivity index (χ1n) is 8.10. The lowest BCUT2D eigenvalue weighted by atomic mass is 10.1. The van der Waals surface area contributed by atoms with E-state index in [1.165, 1.54) is 6.92 Å². The molecule has 0 saturated heterocycles. The van der Waals surface area contributed by atoms with Crippen LogP contribution in [-0.4, -0.2) is 49.9 Å². The van der Waals surface area contributed by atoms with Gasteiger partial charge in [0.25, 0.3) is 0 Å². The van der Waals surface area contributed by atoms with Gasteiger partial charge in [-0.05, 0) is 19.1 Å². The summed E-state index contributed by atoms with van der Waals surface area (Å²) in [6.45, 7) is 1.42. The van der Waals surface area contributed by atoms with E-state index in [0.29, 0.717) is 5.69 Å². The molecule has 12 nitrogen and oxygen atoms in total. The zero-order valence-corrected chi connectivity index (χ0v) is 14.7. The fraction of sp³-hybridized carbons (Fsp3) is 0.250. The molecule has 2 amide bonds. The van der Waals surface area contributed by atoms with E-state index in [2.05, 4.69) is 25.9 Å². The number of hydrogen-bond donors (Lipinski definition) is 6. The van der Waals surface area contributed by atoms with E-state index in [0.717, 1.165) is 0 Å². The first-order chi connectivity index (χ1) is 13.2. The molecule has 2 aromatic rings. The van der Waals surface area contributed by atoms with Crippen molar-refractivity contribution in [2.45, 2.75) is 25.4 Å². The van der Waals surface area contributed by atoms with Gasteiger partial charge in [-0.1, -0.05) is 18.2 Å². The first kappa shape index (κ1) is 20.4. The van der Waals surface area contributed by atoms with Gasteiger partial charge in [0.05, 0.1) is 6.42 Å². The van der Waals surface area contributed by atoms with Crippen molar-refractivity contribution < 1.29 is 19.5 Å². The van der Waals surface area contributed by atoms with Gasteiger partial charge in [-0.2, -0.15) is 4.98 Å². The standard InChI is InChI=1S/C16H18N6O6/c1-8(12(25)18-9-5-3-2-4-6-9)17-13(26)10(7-11(23)24)19-14-20-15(27)22-16(28)21-14/h2-6,8,10H,7H2,1H3,(H,17,26)(H,18,25)(H,23,24)(H3,19,20,21,22,27,28)/t8-,10-/m0/s1. The van der Waals surface area contributed by atoms with Crippen LogP contribution in [0.15, 0.2) is 39.9 Å². The smallest absolute Gasteiger partial charge is 0.352 e. The molecule has 2 rings (SSSR count). The van der Waals surface area contributed by atoms with Crippen molar-refractivity contribution in [1.82, 2.24) is 20.3 Å². The van der Waals surface area contributed by atoms with Crippen LogP contribution in [0.1, 0.15) is 13.3 Å². The Balaban J connectivity index is 2.07. The Morgan fingerprint density at radius 1 is 1.11 bits per heavy atom. The van der Waals surface area contributed by atoms with E-state index in [9.17, 15) is 24.0 Å². The third-order valence-electron chi connectivity index (χ3n) is 3.47. The molecule has 1 aromatic heterocycles. The molecular weight excluding hydrogens is 372 g/mol. The van der Waals surface area contributed by atoms with Crippen molar-refractivity contribution in [3.8, 4) is 0 Å². The highest BCUT2D eigenvalue weighted by molar-refractivity contribution is 5.98. The van der Waals surface area contributed by atoms with Gasteiger partial charge in [0.1, 0.15) is 12.1 Å². The number of hydrogen-bond acceptors (Lipinski definition) is 7. The molecule has 2 atom stereocenters. The van der Waals surface area contributed by atoms with Crippen molar-refractivity contribution in [2.75, 3.05) is 10.6 Å². The maximum atomic E-state index is 12.4. The number of amides is 2. The summed E-state index contributed by atoms with van der Waals surface area (Å²) < 4.78 is 0. The van der Waals surface area contributed by atoms with E-state index in [-0.39, 0.29) is 5.95 Å². The predicted octanol–water partition coefficient (Wildman–Crippen LogP) is -1.14. The summed E-state index contributed by atoms with van der Waals surface area (Å²) in [5.41, 5.74) is -1.33. The maximum Gasteiger partial charge on any atom is 0.352 e. The number of aromatic nitrogens is 3. The fourth-order valence-corrected chi connectivity index (χ4v) is 2.16. The molecular formula is C16H18N6O6. The van der Waals surface area contributed by atoms with Gasteiger partial charge < -0.3 is 21.1 Å². The monoisotopic (exact) mass is 390 g/mol. The van der Waals surface area contributed by atoms with Crippen molar-refractivity contribution in [2.24, 2.45) is 0 Å². The number of carboxylic acids is 1. The molecule has 148 valence electrons. The number of para-hydroxylation sites is 1. The minimum absolute atomic E-state index is 0.378. The molecule has 0 aliphatic carbocycles. The van der Waals surface area contributed by atoms with Crippen LogP contribution in [0, 0.1) is 0 Å². The van der Waals surface area contributed by atoms with Gasteiger partial charge in [0.2, 0.25) is 17.8 Å². The number of aromatic amines is 2. The molecule has 28 heavy (non-hydrogen) atoms. The van der Waals surface area contributed by atoms with Crippen LogP contribution in [-0.2, 0) is 14.4 Å². The lowest BCUT2D eigenvalue weighted by Crippen LogP contribution is -2.49. The summed E-state index contributed by atoms with van der Waals surface area (Å²) >= 11 is 0. The molecule has 0 radical (unpaired) electrons. The number of nitrogens with zero attached hydrogens (tertiary/aromatic N) is 1. The largest absolute Gasteiger partial charge is 0.481 e. The maximum absolute atomic E-state index is 12.4. The molecule has 0 saturated carbocycles. The average Bonchev–Trinajstić information content (AvgIpc) is 2.60. The van der Waals surface area contributed by atoms with E-state index in [1.54, 1.807) is 30.3 Å². The zero-order chi connectivity index (χ0) is 20.7. The fourth-order valence-electron chi connectivity index (χ4n) is 2.16. The van der Waals surface area contributed by atoms with Gasteiger partial charge in [-0.25, -0.2) is 9.59 Å². The van der Waals surface area contributed by atoms with Crippen LogP contribution in [0.4, 0.5) is 11.6 Å². The molecule has 6 N–H and O–H groups in total. The number of carbonyl (C=O) groups excluding carboxylic acids is 2. The van der Waals surface area contributed by atoms with Crippen LogP contribution in [0.5, 0.6) is 0 Å². The number of rotatable bonds is 8. The molecule has 0 aliphatic heterocycles. The van der Waals surface area contributed by atoms with Gasteiger partial charge in [0, 0.05) is 5.69 Å². The summed E-state index contributed by atoms with van der Waals surface area (Å²) in [7, 11) is 0. The average molecular weight is 390 g/mol. The lowest BCUT2D eigenvalue weighted by Gasteiger charge is -2.20. The normalized spacial score (nSPS) is 12.5. The number of aliphatic carboxylic acids is 1. The Morgan fingerprint density at radius 2 is 1.79 bits per heavy atom. The first-order valence-corrected chi connectivity index (χ1v) is 8.10. The molecule has 0 spiro atoms. The number of carbonyl (C=O) groups is 3. The molecule has 12 heteroatoms.